The maximum atomic E-state index is 13.8. The molecule has 4 rings (SSSR count). The zero-order valence-corrected chi connectivity index (χ0v) is 17.8. The molecule has 29 heavy (non-hydrogen) atoms. The van der Waals surface area contributed by atoms with Crippen molar-refractivity contribution >= 4 is 41.0 Å². The molecule has 0 saturated carbocycles. The molecule has 152 valence electrons. The number of hydrogen-bond donors (Lipinski definition) is 1. The van der Waals surface area contributed by atoms with Crippen molar-refractivity contribution in [3.05, 3.63) is 58.6 Å². The smallest absolute Gasteiger partial charge is 0.319 e. The lowest BCUT2D eigenvalue weighted by Crippen LogP contribution is -2.53. The van der Waals surface area contributed by atoms with Gasteiger partial charge in [0.1, 0.15) is 5.75 Å². The number of nitrogens with zero attached hydrogens (tertiary/aromatic N) is 2. The van der Waals surface area contributed by atoms with Crippen LogP contribution in [0.5, 0.6) is 5.75 Å². The Kier molecular flexibility index (Phi) is 5.36. The quantitative estimate of drug-likeness (QED) is 0.799. The molecule has 3 amide bonds. The van der Waals surface area contributed by atoms with Gasteiger partial charge in [-0.1, -0.05) is 29.8 Å². The van der Waals surface area contributed by atoms with E-state index in [9.17, 15) is 9.59 Å². The van der Waals surface area contributed by atoms with Gasteiger partial charge < -0.3 is 15.0 Å². The van der Waals surface area contributed by atoms with Crippen LogP contribution in [0.15, 0.2) is 42.5 Å². The average Bonchev–Trinajstić information content (AvgIpc) is 3.27. The number of ether oxygens (including phenoxy) is 1. The fraction of sp³-hybridized carbons (Fsp3) is 0.333. The van der Waals surface area contributed by atoms with Gasteiger partial charge in [0.05, 0.1) is 19.3 Å². The highest BCUT2D eigenvalue weighted by Crippen LogP contribution is 2.55. The minimum atomic E-state index is -1.09. The number of carbonyl (C=O) groups excluding carboxylic acids is 2. The van der Waals surface area contributed by atoms with Crippen LogP contribution in [-0.2, 0) is 16.2 Å². The van der Waals surface area contributed by atoms with Gasteiger partial charge in [0.2, 0.25) is 0 Å². The van der Waals surface area contributed by atoms with Crippen LogP contribution in [0.2, 0.25) is 5.02 Å². The van der Waals surface area contributed by atoms with E-state index in [-0.39, 0.29) is 11.9 Å². The van der Waals surface area contributed by atoms with Gasteiger partial charge in [-0.3, -0.25) is 9.69 Å². The third-order valence-electron chi connectivity index (χ3n) is 5.26. The first kappa shape index (κ1) is 19.9. The molecular weight excluding hydrogens is 410 g/mol. The van der Waals surface area contributed by atoms with Crippen molar-refractivity contribution in [3.63, 3.8) is 0 Å². The molecule has 0 aromatic heterocycles. The molecule has 1 spiro atoms. The third-order valence-corrected chi connectivity index (χ3v) is 7.05. The first-order valence-corrected chi connectivity index (χ1v) is 10.8. The van der Waals surface area contributed by atoms with Gasteiger partial charge >= 0.3 is 6.03 Å². The molecule has 1 fully saturated rings. The molecule has 2 aliphatic heterocycles. The number of carbonyl (C=O) groups is 2. The molecule has 2 heterocycles. The predicted octanol–water partition coefficient (Wildman–Crippen LogP) is 3.83. The van der Waals surface area contributed by atoms with Crippen molar-refractivity contribution in [3.8, 4) is 5.75 Å². The average molecular weight is 432 g/mol. The van der Waals surface area contributed by atoms with Gasteiger partial charge in [0, 0.05) is 29.4 Å². The summed E-state index contributed by atoms with van der Waals surface area (Å²) in [7, 11) is 1.59. The van der Waals surface area contributed by atoms with Crippen molar-refractivity contribution in [1.29, 1.82) is 0 Å². The summed E-state index contributed by atoms with van der Waals surface area (Å²) in [6, 6.07) is 12.8. The first-order valence-electron chi connectivity index (χ1n) is 9.46. The maximum absolute atomic E-state index is 13.8. The maximum Gasteiger partial charge on any atom is 0.319 e. The second kappa shape index (κ2) is 7.80. The van der Waals surface area contributed by atoms with Gasteiger partial charge in [-0.2, -0.15) is 0 Å². The molecule has 6 nitrogen and oxygen atoms in total. The molecule has 2 aromatic rings. The van der Waals surface area contributed by atoms with E-state index in [0.717, 1.165) is 16.8 Å². The number of anilines is 1. The minimum absolute atomic E-state index is 0.130. The van der Waals surface area contributed by atoms with Gasteiger partial charge in [0.15, 0.2) is 4.87 Å². The number of methoxy groups -OCH3 is 1. The zero-order valence-electron chi connectivity index (χ0n) is 16.3. The van der Waals surface area contributed by atoms with Crippen molar-refractivity contribution in [2.24, 2.45) is 0 Å². The molecule has 1 atom stereocenters. The number of fused-ring (bicyclic) bond motifs is 2. The number of benzene rings is 2. The van der Waals surface area contributed by atoms with Gasteiger partial charge in [-0.05, 0) is 36.8 Å². The number of rotatable bonds is 4. The Morgan fingerprint density at radius 1 is 1.31 bits per heavy atom. The van der Waals surface area contributed by atoms with Crippen LogP contribution in [-0.4, -0.2) is 42.8 Å². The highest BCUT2D eigenvalue weighted by atomic mass is 35.5. The van der Waals surface area contributed by atoms with Crippen molar-refractivity contribution in [2.45, 2.75) is 18.3 Å². The Morgan fingerprint density at radius 2 is 2.10 bits per heavy atom. The SMILES string of the molecule is CCNC(=O)N1CCS[C@@]12C(=O)N(Cc1ccccc1Cl)c1ccc(OC)cc12. The molecule has 8 heteroatoms. The Balaban J connectivity index is 1.82. The number of nitrogens with one attached hydrogen (secondary N) is 1. The normalized spacial score (nSPS) is 20.3. The molecule has 0 unspecified atom stereocenters. The van der Waals surface area contributed by atoms with E-state index in [1.165, 1.54) is 11.8 Å². The number of hydrogen-bond acceptors (Lipinski definition) is 4. The lowest BCUT2D eigenvalue weighted by atomic mass is 10.1. The Labute approximate surface area is 179 Å². The summed E-state index contributed by atoms with van der Waals surface area (Å²) < 4.78 is 5.41. The van der Waals surface area contributed by atoms with Gasteiger partial charge in [-0.25, -0.2) is 4.79 Å². The second-order valence-electron chi connectivity index (χ2n) is 6.85. The molecule has 2 aliphatic rings. The van der Waals surface area contributed by atoms with E-state index in [4.69, 9.17) is 16.3 Å². The highest BCUT2D eigenvalue weighted by molar-refractivity contribution is 8.01. The summed E-state index contributed by atoms with van der Waals surface area (Å²) in [6.07, 6.45) is 0. The first-order chi connectivity index (χ1) is 14.0. The van der Waals surface area contributed by atoms with Crippen LogP contribution in [0.4, 0.5) is 10.5 Å². The summed E-state index contributed by atoms with van der Waals surface area (Å²) in [6.45, 7) is 3.20. The van der Waals surface area contributed by atoms with E-state index in [1.54, 1.807) is 16.9 Å². The monoisotopic (exact) mass is 431 g/mol. The van der Waals surface area contributed by atoms with E-state index in [0.29, 0.717) is 36.2 Å². The topological polar surface area (TPSA) is 61.9 Å². The third kappa shape index (κ3) is 3.13. The van der Waals surface area contributed by atoms with E-state index in [2.05, 4.69) is 5.32 Å². The molecular formula is C21H22ClN3O3S. The van der Waals surface area contributed by atoms with Crippen LogP contribution >= 0.6 is 23.4 Å². The molecule has 0 bridgehead atoms. The van der Waals surface area contributed by atoms with Crippen LogP contribution in [0.25, 0.3) is 0 Å². The highest BCUT2D eigenvalue weighted by Gasteiger charge is 2.59. The van der Waals surface area contributed by atoms with Crippen LogP contribution in [0, 0.1) is 0 Å². The van der Waals surface area contributed by atoms with Gasteiger partial charge in [0.25, 0.3) is 5.91 Å². The number of urea groups is 1. The second-order valence-corrected chi connectivity index (χ2v) is 8.54. The van der Waals surface area contributed by atoms with Crippen LogP contribution in [0.3, 0.4) is 0 Å². The largest absolute Gasteiger partial charge is 0.497 e. The van der Waals surface area contributed by atoms with E-state index < -0.39 is 4.87 Å². The molecule has 2 aromatic carbocycles. The fourth-order valence-corrected chi connectivity index (χ4v) is 5.57. The number of amides is 3. The summed E-state index contributed by atoms with van der Waals surface area (Å²) in [4.78, 5) is 28.9. The summed E-state index contributed by atoms with van der Waals surface area (Å²) in [5.74, 6) is 1.20. The Bertz CT molecular complexity index is 970. The predicted molar refractivity (Wildman–Crippen MR) is 116 cm³/mol. The van der Waals surface area contributed by atoms with E-state index >= 15 is 0 Å². The van der Waals surface area contributed by atoms with Crippen molar-refractivity contribution < 1.29 is 14.3 Å². The van der Waals surface area contributed by atoms with Crippen molar-refractivity contribution in [1.82, 2.24) is 10.2 Å². The molecule has 1 N–H and O–H groups in total. The summed E-state index contributed by atoms with van der Waals surface area (Å²) in [5.41, 5.74) is 2.41. The lowest BCUT2D eigenvalue weighted by Gasteiger charge is -2.33. The van der Waals surface area contributed by atoms with Crippen LogP contribution < -0.4 is 15.0 Å². The van der Waals surface area contributed by atoms with Crippen LogP contribution in [0.1, 0.15) is 18.1 Å². The Morgan fingerprint density at radius 3 is 2.83 bits per heavy atom. The summed E-state index contributed by atoms with van der Waals surface area (Å²) >= 11 is 7.85. The minimum Gasteiger partial charge on any atom is -0.497 e. The fourth-order valence-electron chi connectivity index (χ4n) is 3.92. The van der Waals surface area contributed by atoms with E-state index in [1.807, 2.05) is 49.4 Å². The van der Waals surface area contributed by atoms with Crippen molar-refractivity contribution in [2.75, 3.05) is 30.9 Å². The molecule has 0 radical (unpaired) electrons. The standard InChI is InChI=1S/C21H22ClN3O3S/c1-3-23-20(27)25-10-11-29-21(25)16-12-15(28-2)8-9-18(16)24(19(21)26)13-14-6-4-5-7-17(14)22/h4-9,12H,3,10-11,13H2,1-2H3,(H,23,27)/t21-/m0/s1. The zero-order chi connectivity index (χ0) is 20.6. The Hall–Kier alpha value is -2.38. The lowest BCUT2D eigenvalue weighted by molar-refractivity contribution is -0.123. The van der Waals surface area contributed by atoms with Gasteiger partial charge in [-0.15, -0.1) is 11.8 Å². The summed E-state index contributed by atoms with van der Waals surface area (Å²) in [5, 5.41) is 3.45. The number of thioether (sulfide) groups is 1. The number of halogens is 1. The molecule has 1 saturated heterocycles. The molecule has 0 aliphatic carbocycles.